The summed E-state index contributed by atoms with van der Waals surface area (Å²) in [7, 11) is -1.36. The van der Waals surface area contributed by atoms with Gasteiger partial charge in [0.15, 0.2) is 0 Å². The van der Waals surface area contributed by atoms with Crippen molar-refractivity contribution in [1.29, 1.82) is 0 Å². The largest absolute Gasteiger partial charge is 0.360 e. The van der Waals surface area contributed by atoms with Crippen molar-refractivity contribution in [2.45, 2.75) is 39.9 Å². The molecule has 0 aliphatic carbocycles. The van der Waals surface area contributed by atoms with Crippen LogP contribution in [0, 0.1) is 18.3 Å². The number of aromatic nitrogens is 4. The van der Waals surface area contributed by atoms with E-state index in [0.717, 1.165) is 34.5 Å². The molecule has 5 rings (SSSR count). The summed E-state index contributed by atoms with van der Waals surface area (Å²) in [5.41, 5.74) is 7.49. The van der Waals surface area contributed by atoms with E-state index in [4.69, 9.17) is 0 Å². The second-order valence-electron chi connectivity index (χ2n) is 10.7. The normalized spacial score (nSPS) is 10.8. The molecule has 4 heterocycles. The van der Waals surface area contributed by atoms with Gasteiger partial charge in [-0.05, 0) is 52.4 Å². The van der Waals surface area contributed by atoms with Crippen LogP contribution in [-0.4, -0.2) is 28.0 Å². The fourth-order valence-electron chi connectivity index (χ4n) is 4.22. The quantitative estimate of drug-likeness (QED) is 0.138. The summed E-state index contributed by atoms with van der Waals surface area (Å²) < 4.78 is 0. The predicted molar refractivity (Wildman–Crippen MR) is 160 cm³/mol. The Kier molecular flexibility index (Phi) is 11.0. The zero-order valence-corrected chi connectivity index (χ0v) is 26.5. The van der Waals surface area contributed by atoms with Crippen molar-refractivity contribution in [3.63, 3.8) is 0 Å². The van der Waals surface area contributed by atoms with Gasteiger partial charge in [-0.25, -0.2) is 0 Å². The van der Waals surface area contributed by atoms with Crippen LogP contribution in [0.5, 0.6) is 0 Å². The first kappa shape index (κ1) is 30.2. The second-order valence-corrected chi connectivity index (χ2v) is 15.7. The molecule has 39 heavy (non-hydrogen) atoms. The summed E-state index contributed by atoms with van der Waals surface area (Å²) in [6.07, 6.45) is 14.5. The molecule has 0 saturated carbocycles. The van der Waals surface area contributed by atoms with Crippen LogP contribution in [0.15, 0.2) is 97.6 Å². The molecular weight excluding hydrogens is 673 g/mol. The molecule has 0 aliphatic heterocycles. The van der Waals surface area contributed by atoms with Gasteiger partial charge >= 0.3 is 0 Å². The van der Waals surface area contributed by atoms with Crippen molar-refractivity contribution < 1.29 is 20.1 Å². The van der Waals surface area contributed by atoms with E-state index in [9.17, 15) is 0 Å². The van der Waals surface area contributed by atoms with Gasteiger partial charge in [-0.15, -0.1) is 35.4 Å². The summed E-state index contributed by atoms with van der Waals surface area (Å²) in [5, 5.41) is 1.47. The molecule has 6 heteroatoms. The number of hydrogen-bond acceptors (Lipinski definition) is 4. The molecule has 0 N–H and O–H groups in total. The third kappa shape index (κ3) is 8.59. The molecule has 0 fully saturated rings. The Morgan fingerprint density at radius 1 is 0.692 bits per heavy atom. The van der Waals surface area contributed by atoms with Gasteiger partial charge in [0.05, 0.1) is 8.07 Å². The molecular formula is C33H34IrN4Si-2. The first-order valence-electron chi connectivity index (χ1n) is 13.0. The standard InChI is InChI=1S/C17H23N2Si.C16H11N2.Ir/c1-13(2)9-15-10-16(14-7-6-8-18-11-14)19-12-17(15)20(3,4)5;1-2-5-13(6-3-1)14-8-9-16(18-12-14)15-7-4-10-17-11-15;/h6-8,10,12-13H,9H2,1-5H3;1-10,12H;/q2*-1;. The van der Waals surface area contributed by atoms with Crippen LogP contribution >= 0.6 is 0 Å². The number of rotatable bonds is 6. The molecule has 0 atom stereocenters. The molecule has 0 spiro atoms. The van der Waals surface area contributed by atoms with Crippen LogP contribution in [0.4, 0.5) is 0 Å². The van der Waals surface area contributed by atoms with Gasteiger partial charge in [-0.2, -0.15) is 0 Å². The van der Waals surface area contributed by atoms with Crippen molar-refractivity contribution in [3.8, 4) is 33.6 Å². The van der Waals surface area contributed by atoms with Crippen LogP contribution in [0.1, 0.15) is 19.4 Å². The van der Waals surface area contributed by atoms with Gasteiger partial charge in [0.2, 0.25) is 0 Å². The summed E-state index contributed by atoms with van der Waals surface area (Å²) in [4.78, 5) is 17.1. The Hall–Kier alpha value is -3.31. The minimum Gasteiger partial charge on any atom is -0.360 e. The van der Waals surface area contributed by atoms with Gasteiger partial charge in [0.25, 0.3) is 0 Å². The summed E-state index contributed by atoms with van der Waals surface area (Å²) >= 11 is 0. The Balaban J connectivity index is 0.000000211. The fourth-order valence-corrected chi connectivity index (χ4v) is 5.81. The van der Waals surface area contributed by atoms with E-state index in [1.165, 1.54) is 16.3 Å². The molecule has 4 aromatic heterocycles. The van der Waals surface area contributed by atoms with Gasteiger partial charge < -0.3 is 19.9 Å². The van der Waals surface area contributed by atoms with E-state index >= 15 is 0 Å². The first-order valence-corrected chi connectivity index (χ1v) is 16.5. The van der Waals surface area contributed by atoms with Crippen molar-refractivity contribution in [2.75, 3.05) is 0 Å². The molecule has 5 aromatic rings. The van der Waals surface area contributed by atoms with Gasteiger partial charge in [-0.1, -0.05) is 100.0 Å². The van der Waals surface area contributed by atoms with Crippen LogP contribution < -0.4 is 5.19 Å². The first-order chi connectivity index (χ1) is 18.3. The third-order valence-corrected chi connectivity index (χ3v) is 8.13. The van der Waals surface area contributed by atoms with Crippen LogP contribution in [0.2, 0.25) is 19.6 Å². The maximum Gasteiger partial charge on any atom is 0.0798 e. The topological polar surface area (TPSA) is 51.6 Å². The molecule has 0 saturated heterocycles. The number of nitrogens with zero attached hydrogens (tertiary/aromatic N) is 4. The second kappa shape index (κ2) is 14.2. The molecule has 201 valence electrons. The third-order valence-electron chi connectivity index (χ3n) is 6.07. The SMILES string of the molecule is CC(C)Cc1cc(-c2[c-]nccc2)ncc1[Si](C)(C)C.[Ir].[c-]1ncccc1-c1ccc(-c2ccccc2)cn1. The van der Waals surface area contributed by atoms with E-state index in [0.29, 0.717) is 5.92 Å². The zero-order chi connectivity index (χ0) is 27.0. The van der Waals surface area contributed by atoms with Crippen molar-refractivity contribution in [3.05, 3.63) is 116 Å². The van der Waals surface area contributed by atoms with Crippen molar-refractivity contribution >= 4 is 13.3 Å². The predicted octanol–water partition coefficient (Wildman–Crippen LogP) is 7.30. The van der Waals surface area contributed by atoms with E-state index in [1.54, 1.807) is 12.4 Å². The van der Waals surface area contributed by atoms with Gasteiger partial charge in [0, 0.05) is 32.5 Å². The molecule has 4 nitrogen and oxygen atoms in total. The van der Waals surface area contributed by atoms with Gasteiger partial charge in [-0.3, -0.25) is 0 Å². The van der Waals surface area contributed by atoms with Crippen LogP contribution in [-0.2, 0) is 26.5 Å². The monoisotopic (exact) mass is 707 g/mol. The smallest absolute Gasteiger partial charge is 0.0798 e. The average molecular weight is 707 g/mol. The van der Waals surface area contributed by atoms with E-state index in [1.807, 2.05) is 54.7 Å². The molecule has 1 aromatic carbocycles. The van der Waals surface area contributed by atoms with Crippen LogP contribution in [0.25, 0.3) is 33.6 Å². The Bertz CT molecular complexity index is 1360. The summed E-state index contributed by atoms with van der Waals surface area (Å²) in [6.45, 7) is 11.7. The Labute approximate surface area is 247 Å². The summed E-state index contributed by atoms with van der Waals surface area (Å²) in [5.74, 6) is 0.651. The number of benzene rings is 1. The zero-order valence-electron chi connectivity index (χ0n) is 23.1. The minimum absolute atomic E-state index is 0. The Morgan fingerprint density at radius 2 is 1.31 bits per heavy atom. The van der Waals surface area contributed by atoms with E-state index in [-0.39, 0.29) is 20.1 Å². The van der Waals surface area contributed by atoms with Crippen molar-refractivity contribution in [2.24, 2.45) is 5.92 Å². The summed E-state index contributed by atoms with van der Waals surface area (Å²) in [6, 6.07) is 24.3. The molecule has 0 aliphatic rings. The molecule has 0 amide bonds. The van der Waals surface area contributed by atoms with Crippen molar-refractivity contribution in [1.82, 2.24) is 19.9 Å². The molecule has 0 unspecified atom stereocenters. The van der Waals surface area contributed by atoms with E-state index < -0.39 is 8.07 Å². The fraction of sp³-hybridized carbons (Fsp3) is 0.212. The maximum atomic E-state index is 4.65. The Morgan fingerprint density at radius 3 is 1.82 bits per heavy atom. The number of pyridine rings is 4. The average Bonchev–Trinajstić information content (AvgIpc) is 2.94. The molecule has 0 bridgehead atoms. The van der Waals surface area contributed by atoms with E-state index in [2.05, 4.69) is 96.3 Å². The van der Waals surface area contributed by atoms with Gasteiger partial charge in [0.1, 0.15) is 0 Å². The molecule has 1 radical (unpaired) electrons. The van der Waals surface area contributed by atoms with Crippen LogP contribution in [0.3, 0.4) is 0 Å². The number of hydrogen-bond donors (Lipinski definition) is 0. The maximum absolute atomic E-state index is 4.65. The minimum atomic E-state index is -1.36.